The van der Waals surface area contributed by atoms with Crippen LogP contribution in [0.3, 0.4) is 0 Å². The molecule has 0 atom stereocenters. The molecule has 8 heteroatoms. The summed E-state index contributed by atoms with van der Waals surface area (Å²) in [5, 5.41) is 0.199. The van der Waals surface area contributed by atoms with E-state index in [0.29, 0.717) is 9.32 Å². The summed E-state index contributed by atoms with van der Waals surface area (Å²) in [5.41, 5.74) is 1.31. The van der Waals surface area contributed by atoms with Gasteiger partial charge in [-0.25, -0.2) is 8.42 Å². The maximum Gasteiger partial charge on any atom is 0.273 e. The molecule has 0 saturated heterocycles. The minimum Gasteiger partial charge on any atom is -0.495 e. The summed E-state index contributed by atoms with van der Waals surface area (Å²) in [7, 11) is -2.73. The number of aryl methyl sites for hydroxylation is 1. The minimum absolute atomic E-state index is 0.00864. The molecular formula is C21H17ClINO4S. The Balaban J connectivity index is 2.21. The first-order chi connectivity index (χ1) is 13.8. The number of benzene rings is 3. The Kier molecular flexibility index (Phi) is 6.50. The average Bonchev–Trinajstić information content (AvgIpc) is 2.68. The molecule has 1 amide bonds. The van der Waals surface area contributed by atoms with Crippen LogP contribution in [0.15, 0.2) is 71.6 Å². The van der Waals surface area contributed by atoms with Gasteiger partial charge in [-0.2, -0.15) is 4.31 Å². The van der Waals surface area contributed by atoms with E-state index in [9.17, 15) is 13.2 Å². The van der Waals surface area contributed by atoms with Crippen molar-refractivity contribution in [2.45, 2.75) is 11.8 Å². The third-order valence-electron chi connectivity index (χ3n) is 4.22. The number of carbonyl (C=O) groups is 1. The van der Waals surface area contributed by atoms with E-state index in [4.69, 9.17) is 16.3 Å². The molecule has 0 saturated carbocycles. The molecule has 0 aromatic heterocycles. The molecule has 0 aliphatic carbocycles. The molecule has 0 bridgehead atoms. The number of ether oxygens (including phenoxy) is 1. The van der Waals surface area contributed by atoms with Gasteiger partial charge in [-0.15, -0.1) is 0 Å². The number of nitrogens with zero attached hydrogens (tertiary/aromatic N) is 1. The fraction of sp³-hybridized carbons (Fsp3) is 0.0952. The van der Waals surface area contributed by atoms with Crippen LogP contribution in [0.25, 0.3) is 0 Å². The lowest BCUT2D eigenvalue weighted by Gasteiger charge is -2.24. The highest BCUT2D eigenvalue weighted by atomic mass is 127. The lowest BCUT2D eigenvalue weighted by molar-refractivity contribution is 0.100. The first kappa shape index (κ1) is 21.6. The summed E-state index contributed by atoms with van der Waals surface area (Å²) in [6.07, 6.45) is 0. The Morgan fingerprint density at radius 2 is 1.69 bits per heavy atom. The van der Waals surface area contributed by atoms with Gasteiger partial charge in [-0.3, -0.25) is 4.79 Å². The summed E-state index contributed by atoms with van der Waals surface area (Å²) in [4.78, 5) is 13.4. The molecule has 5 nitrogen and oxygen atoms in total. The molecule has 0 heterocycles. The fourth-order valence-corrected chi connectivity index (χ4v) is 4.98. The lowest BCUT2D eigenvalue weighted by atomic mass is 10.2. The molecule has 3 rings (SSSR count). The van der Waals surface area contributed by atoms with Crippen LogP contribution in [0.1, 0.15) is 15.9 Å². The van der Waals surface area contributed by atoms with Crippen LogP contribution in [0.2, 0.25) is 5.02 Å². The predicted octanol–water partition coefficient (Wildman–Crippen LogP) is 5.30. The molecule has 3 aromatic carbocycles. The van der Waals surface area contributed by atoms with Crippen LogP contribution >= 0.6 is 34.2 Å². The number of hydrogen-bond acceptors (Lipinski definition) is 4. The van der Waals surface area contributed by atoms with E-state index in [1.807, 2.05) is 29.5 Å². The molecule has 150 valence electrons. The highest BCUT2D eigenvalue weighted by Gasteiger charge is 2.33. The first-order valence-electron chi connectivity index (χ1n) is 8.50. The zero-order chi connectivity index (χ0) is 21.2. The second kappa shape index (κ2) is 8.73. The smallest absolute Gasteiger partial charge is 0.273 e. The summed E-state index contributed by atoms with van der Waals surface area (Å²) < 4.78 is 33.5. The van der Waals surface area contributed by atoms with Crippen LogP contribution in [0.5, 0.6) is 5.75 Å². The highest BCUT2D eigenvalue weighted by Crippen LogP contribution is 2.33. The van der Waals surface area contributed by atoms with Crippen molar-refractivity contribution < 1.29 is 17.9 Å². The number of amides is 1. The van der Waals surface area contributed by atoms with Crippen LogP contribution in [0.4, 0.5) is 5.69 Å². The number of anilines is 1. The van der Waals surface area contributed by atoms with Crippen molar-refractivity contribution in [2.24, 2.45) is 0 Å². The van der Waals surface area contributed by atoms with Crippen molar-refractivity contribution in [2.75, 3.05) is 11.4 Å². The van der Waals surface area contributed by atoms with E-state index < -0.39 is 15.9 Å². The normalized spacial score (nSPS) is 11.2. The van der Waals surface area contributed by atoms with Crippen LogP contribution in [0, 0.1) is 10.5 Å². The van der Waals surface area contributed by atoms with E-state index in [1.165, 1.54) is 37.4 Å². The van der Waals surface area contributed by atoms with Gasteiger partial charge in [0.05, 0.1) is 28.3 Å². The zero-order valence-electron chi connectivity index (χ0n) is 15.6. The minimum atomic E-state index is -4.19. The van der Waals surface area contributed by atoms with Crippen LogP contribution in [-0.2, 0) is 10.0 Å². The second-order valence-electron chi connectivity index (χ2n) is 6.19. The quantitative estimate of drug-likeness (QED) is 0.412. The number of hydrogen-bond donors (Lipinski definition) is 0. The second-order valence-corrected chi connectivity index (χ2v) is 9.54. The van der Waals surface area contributed by atoms with Crippen molar-refractivity contribution in [3.05, 3.63) is 86.4 Å². The van der Waals surface area contributed by atoms with Gasteiger partial charge in [-0.05, 0) is 72.0 Å². The largest absolute Gasteiger partial charge is 0.495 e. The van der Waals surface area contributed by atoms with Gasteiger partial charge in [0.1, 0.15) is 5.75 Å². The monoisotopic (exact) mass is 541 g/mol. The van der Waals surface area contributed by atoms with Gasteiger partial charge in [0.25, 0.3) is 15.9 Å². The van der Waals surface area contributed by atoms with Gasteiger partial charge >= 0.3 is 0 Å². The Bertz CT molecular complexity index is 1160. The van der Waals surface area contributed by atoms with E-state index in [0.717, 1.165) is 9.87 Å². The van der Waals surface area contributed by atoms with E-state index in [2.05, 4.69) is 0 Å². The lowest BCUT2D eigenvalue weighted by Crippen LogP contribution is -2.37. The number of carbonyl (C=O) groups excluding carboxylic acids is 1. The summed E-state index contributed by atoms with van der Waals surface area (Å²) in [6, 6.07) is 17.5. The van der Waals surface area contributed by atoms with E-state index >= 15 is 0 Å². The third-order valence-corrected chi connectivity index (χ3v) is 7.18. The molecular weight excluding hydrogens is 525 g/mol. The number of rotatable bonds is 5. The van der Waals surface area contributed by atoms with Crippen molar-refractivity contribution in [1.29, 1.82) is 0 Å². The Hall–Kier alpha value is -2.10. The SMILES string of the molecule is COc1ccc(N(C(=O)c2ccccc2I)S(=O)(=O)c2ccc(C)cc2)cc1Cl. The molecule has 3 aromatic rings. The fourth-order valence-electron chi connectivity index (χ4n) is 2.71. The molecule has 29 heavy (non-hydrogen) atoms. The van der Waals surface area contributed by atoms with Gasteiger partial charge in [0.2, 0.25) is 0 Å². The molecule has 0 aliphatic heterocycles. The highest BCUT2D eigenvalue weighted by molar-refractivity contribution is 14.1. The van der Waals surface area contributed by atoms with Crippen molar-refractivity contribution in [3.8, 4) is 5.75 Å². The number of methoxy groups -OCH3 is 1. The molecule has 0 unspecified atom stereocenters. The number of sulfonamides is 1. The van der Waals surface area contributed by atoms with Crippen molar-refractivity contribution >= 4 is 55.8 Å². The topological polar surface area (TPSA) is 63.7 Å². The molecule has 0 radical (unpaired) electrons. The molecule has 0 aliphatic rings. The van der Waals surface area contributed by atoms with Crippen molar-refractivity contribution in [3.63, 3.8) is 0 Å². The third kappa shape index (κ3) is 4.41. The Morgan fingerprint density at radius 1 is 1.03 bits per heavy atom. The summed E-state index contributed by atoms with van der Waals surface area (Å²) >= 11 is 8.22. The maximum atomic E-state index is 13.5. The molecule has 0 spiro atoms. The Labute approximate surface area is 188 Å². The average molecular weight is 542 g/mol. The van der Waals surface area contributed by atoms with E-state index in [-0.39, 0.29) is 21.2 Å². The van der Waals surface area contributed by atoms with Gasteiger partial charge in [0.15, 0.2) is 0 Å². The van der Waals surface area contributed by atoms with E-state index in [1.54, 1.807) is 36.4 Å². The summed E-state index contributed by atoms with van der Waals surface area (Å²) in [6.45, 7) is 1.86. The molecule has 0 fully saturated rings. The predicted molar refractivity (Wildman–Crippen MR) is 122 cm³/mol. The first-order valence-corrected chi connectivity index (χ1v) is 11.4. The van der Waals surface area contributed by atoms with Crippen molar-refractivity contribution in [1.82, 2.24) is 0 Å². The van der Waals surface area contributed by atoms with Gasteiger partial charge < -0.3 is 4.74 Å². The zero-order valence-corrected chi connectivity index (χ0v) is 19.3. The standard InChI is InChI=1S/C21H17ClINO4S/c1-14-7-10-16(11-8-14)29(26,27)24(15-9-12-20(28-2)18(22)13-15)21(25)17-5-3-4-6-19(17)23/h3-13H,1-2H3. The molecule has 0 N–H and O–H groups in total. The van der Waals surface area contributed by atoms with Crippen LogP contribution < -0.4 is 9.04 Å². The van der Waals surface area contributed by atoms with Gasteiger partial charge in [-0.1, -0.05) is 41.4 Å². The number of halogens is 2. The summed E-state index contributed by atoms with van der Waals surface area (Å²) in [5.74, 6) is -0.290. The maximum absolute atomic E-state index is 13.5. The van der Waals surface area contributed by atoms with Gasteiger partial charge in [0, 0.05) is 3.57 Å². The van der Waals surface area contributed by atoms with Crippen LogP contribution in [-0.4, -0.2) is 21.4 Å². The Morgan fingerprint density at radius 3 is 2.28 bits per heavy atom.